The molecule has 170 valence electrons. The molecule has 0 aliphatic carbocycles. The number of aromatic nitrogens is 2. The van der Waals surface area contributed by atoms with Crippen LogP contribution in [0.15, 0.2) is 55.1 Å². The first-order valence-electron chi connectivity index (χ1n) is 10.1. The summed E-state index contributed by atoms with van der Waals surface area (Å²) < 4.78 is 18.4. The minimum absolute atomic E-state index is 0.568. The zero-order valence-electron chi connectivity index (χ0n) is 18.4. The van der Waals surface area contributed by atoms with E-state index in [-0.39, 0.29) is 0 Å². The predicted molar refractivity (Wildman–Crippen MR) is 131 cm³/mol. The molecule has 0 amide bonds. The predicted octanol–water partition coefficient (Wildman–Crippen LogP) is 4.85. The van der Waals surface area contributed by atoms with E-state index in [1.807, 2.05) is 41.4 Å². The molecule has 2 aromatic carbocycles. The highest BCUT2D eigenvalue weighted by Crippen LogP contribution is 2.29. The fraction of sp³-hybridized carbons (Fsp3) is 0.304. The maximum Gasteiger partial charge on any atom is 0.173 e. The normalized spacial score (nSPS) is 10.5. The Labute approximate surface area is 198 Å². The Morgan fingerprint density at radius 2 is 1.91 bits per heavy atom. The molecule has 1 N–H and O–H groups in total. The summed E-state index contributed by atoms with van der Waals surface area (Å²) in [5.74, 6) is 2.11. The first-order valence-corrected chi connectivity index (χ1v) is 10.9. The van der Waals surface area contributed by atoms with Crippen molar-refractivity contribution in [3.8, 4) is 17.2 Å². The topological polar surface area (TPSA) is 60.8 Å². The number of hydrogen-bond donors (Lipinski definition) is 1. The Balaban J connectivity index is 1.79. The van der Waals surface area contributed by atoms with E-state index in [4.69, 9.17) is 38.0 Å². The summed E-state index contributed by atoms with van der Waals surface area (Å²) in [4.78, 5) is 6.20. The van der Waals surface area contributed by atoms with Crippen LogP contribution in [0.5, 0.6) is 17.2 Å². The van der Waals surface area contributed by atoms with E-state index in [1.54, 1.807) is 39.7 Å². The van der Waals surface area contributed by atoms with Gasteiger partial charge in [-0.05, 0) is 42.9 Å². The van der Waals surface area contributed by atoms with Crippen LogP contribution < -0.4 is 19.5 Å². The fourth-order valence-electron chi connectivity index (χ4n) is 3.27. The van der Waals surface area contributed by atoms with Crippen molar-refractivity contribution in [2.75, 3.05) is 33.2 Å². The van der Waals surface area contributed by atoms with Gasteiger partial charge in [0.2, 0.25) is 0 Å². The number of benzene rings is 2. The molecular weight excluding hydrogens is 448 g/mol. The third-order valence-electron chi connectivity index (χ3n) is 4.95. The average Bonchev–Trinajstić information content (AvgIpc) is 3.33. The Hall–Kier alpha value is -2.97. The van der Waals surface area contributed by atoms with Crippen LogP contribution in [0.4, 0.5) is 5.69 Å². The van der Waals surface area contributed by atoms with Crippen molar-refractivity contribution in [2.45, 2.75) is 19.5 Å². The Morgan fingerprint density at radius 3 is 2.59 bits per heavy atom. The highest BCUT2D eigenvalue weighted by Gasteiger charge is 2.16. The van der Waals surface area contributed by atoms with E-state index in [9.17, 15) is 0 Å². The Bertz CT molecular complexity index is 1030. The molecule has 1 heterocycles. The van der Waals surface area contributed by atoms with E-state index in [1.165, 1.54) is 0 Å². The molecule has 0 unspecified atom stereocenters. The fourth-order valence-corrected chi connectivity index (χ4v) is 3.69. The molecule has 9 heteroatoms. The molecule has 0 atom stereocenters. The number of thiocarbonyl (C=S) groups is 1. The number of nitrogens with one attached hydrogen (secondary N) is 1. The highest BCUT2D eigenvalue weighted by atomic mass is 35.5. The average molecular weight is 475 g/mol. The van der Waals surface area contributed by atoms with Crippen molar-refractivity contribution in [2.24, 2.45) is 0 Å². The van der Waals surface area contributed by atoms with E-state index in [0.29, 0.717) is 22.4 Å². The van der Waals surface area contributed by atoms with Crippen molar-refractivity contribution in [3.05, 3.63) is 65.7 Å². The molecular formula is C23H27ClN4O3S. The van der Waals surface area contributed by atoms with E-state index >= 15 is 0 Å². The largest absolute Gasteiger partial charge is 0.497 e. The molecule has 0 saturated heterocycles. The lowest BCUT2D eigenvalue weighted by molar-refractivity contribution is 0.366. The zero-order valence-corrected chi connectivity index (χ0v) is 19.9. The Kier molecular flexibility index (Phi) is 8.58. The standard InChI is InChI=1S/C23H27ClN4O3S/c1-29-19-7-5-17(21(14-19)30-2)15-28(11-4-10-27-12-9-25-16-27)23(32)26-20-8-6-18(24)13-22(20)31-3/h5-9,12-14,16H,4,10-11,15H2,1-3H3,(H,26,32). The van der Waals surface area contributed by atoms with Crippen LogP contribution in [-0.4, -0.2) is 47.4 Å². The van der Waals surface area contributed by atoms with Gasteiger partial charge in [-0.1, -0.05) is 11.6 Å². The number of methoxy groups -OCH3 is 3. The third-order valence-corrected chi connectivity index (χ3v) is 5.55. The highest BCUT2D eigenvalue weighted by molar-refractivity contribution is 7.80. The van der Waals surface area contributed by atoms with Gasteiger partial charge in [0.1, 0.15) is 17.2 Å². The smallest absolute Gasteiger partial charge is 0.173 e. The molecule has 0 aliphatic heterocycles. The number of halogens is 1. The van der Waals surface area contributed by atoms with Crippen molar-refractivity contribution in [3.63, 3.8) is 0 Å². The van der Waals surface area contributed by atoms with Crippen molar-refractivity contribution >= 4 is 34.6 Å². The maximum absolute atomic E-state index is 6.09. The van der Waals surface area contributed by atoms with E-state index in [2.05, 4.69) is 15.2 Å². The van der Waals surface area contributed by atoms with Gasteiger partial charge in [-0.3, -0.25) is 0 Å². The third kappa shape index (κ3) is 6.27. The Morgan fingerprint density at radius 1 is 1.09 bits per heavy atom. The quantitative estimate of drug-likeness (QED) is 0.421. The molecule has 32 heavy (non-hydrogen) atoms. The minimum Gasteiger partial charge on any atom is -0.497 e. The van der Waals surface area contributed by atoms with Gasteiger partial charge in [-0.25, -0.2) is 4.98 Å². The summed E-state index contributed by atoms with van der Waals surface area (Å²) in [6.45, 7) is 2.14. The number of aryl methyl sites for hydroxylation is 1. The second-order valence-electron chi connectivity index (χ2n) is 7.03. The molecule has 0 fully saturated rings. The summed E-state index contributed by atoms with van der Waals surface area (Å²) in [6, 6.07) is 11.2. The van der Waals surface area contributed by atoms with Gasteiger partial charge in [-0.15, -0.1) is 0 Å². The molecule has 7 nitrogen and oxygen atoms in total. The minimum atomic E-state index is 0.568. The summed E-state index contributed by atoms with van der Waals surface area (Å²) in [6.07, 6.45) is 6.42. The molecule has 0 spiro atoms. The number of anilines is 1. The summed E-state index contributed by atoms with van der Waals surface area (Å²) in [5, 5.41) is 4.48. The van der Waals surface area contributed by atoms with Crippen LogP contribution in [0.1, 0.15) is 12.0 Å². The van der Waals surface area contributed by atoms with Gasteiger partial charge in [0.25, 0.3) is 0 Å². The molecule has 0 saturated carbocycles. The number of nitrogens with zero attached hydrogens (tertiary/aromatic N) is 3. The first kappa shape index (κ1) is 23.7. The SMILES string of the molecule is COc1ccc(CN(CCCn2ccnc2)C(=S)Nc2ccc(Cl)cc2OC)c(OC)c1. The lowest BCUT2D eigenvalue weighted by Crippen LogP contribution is -2.35. The number of rotatable bonds is 10. The second-order valence-corrected chi connectivity index (χ2v) is 7.85. The van der Waals surface area contributed by atoms with E-state index < -0.39 is 0 Å². The molecule has 3 aromatic rings. The van der Waals surface area contributed by atoms with Gasteiger partial charge in [0, 0.05) is 54.7 Å². The van der Waals surface area contributed by atoms with Crippen molar-refractivity contribution in [1.82, 2.24) is 14.5 Å². The molecule has 0 radical (unpaired) electrons. The number of hydrogen-bond acceptors (Lipinski definition) is 5. The van der Waals surface area contributed by atoms with Gasteiger partial charge in [-0.2, -0.15) is 0 Å². The molecule has 0 bridgehead atoms. The van der Waals surface area contributed by atoms with Crippen molar-refractivity contribution in [1.29, 1.82) is 0 Å². The number of ether oxygens (including phenoxy) is 3. The van der Waals surface area contributed by atoms with Crippen LogP contribution >= 0.6 is 23.8 Å². The molecule has 3 rings (SSSR count). The van der Waals surface area contributed by atoms with Crippen molar-refractivity contribution < 1.29 is 14.2 Å². The van der Waals surface area contributed by atoms with Crippen LogP contribution in [-0.2, 0) is 13.1 Å². The van der Waals surface area contributed by atoms with Crippen LogP contribution in [0.25, 0.3) is 0 Å². The van der Waals surface area contributed by atoms with Crippen LogP contribution in [0.2, 0.25) is 5.02 Å². The monoisotopic (exact) mass is 474 g/mol. The lowest BCUT2D eigenvalue weighted by Gasteiger charge is -2.27. The first-order chi connectivity index (χ1) is 15.5. The maximum atomic E-state index is 6.09. The van der Waals surface area contributed by atoms with Crippen LogP contribution in [0, 0.1) is 0 Å². The van der Waals surface area contributed by atoms with Crippen LogP contribution in [0.3, 0.4) is 0 Å². The molecule has 0 aliphatic rings. The second kappa shape index (κ2) is 11.6. The van der Waals surface area contributed by atoms with E-state index in [0.717, 1.165) is 42.3 Å². The zero-order chi connectivity index (χ0) is 22.9. The molecule has 1 aromatic heterocycles. The van der Waals surface area contributed by atoms with Gasteiger partial charge < -0.3 is 29.0 Å². The number of imidazole rings is 1. The van der Waals surface area contributed by atoms with Gasteiger partial charge >= 0.3 is 0 Å². The summed E-state index contributed by atoms with van der Waals surface area (Å²) in [5.41, 5.74) is 1.76. The lowest BCUT2D eigenvalue weighted by atomic mass is 10.1. The summed E-state index contributed by atoms with van der Waals surface area (Å²) in [7, 11) is 4.89. The summed E-state index contributed by atoms with van der Waals surface area (Å²) >= 11 is 11.9. The van der Waals surface area contributed by atoms with Gasteiger partial charge in [0.05, 0.1) is 33.3 Å². The van der Waals surface area contributed by atoms with Gasteiger partial charge in [0.15, 0.2) is 5.11 Å².